The van der Waals surface area contributed by atoms with Crippen molar-refractivity contribution in [3.63, 3.8) is 0 Å². The molecule has 7 heteroatoms. The fraction of sp³-hybridized carbons (Fsp3) is 0.615. The van der Waals surface area contributed by atoms with Crippen molar-refractivity contribution in [2.24, 2.45) is 0 Å². The number of carbonyl (C=O) groups excluding carboxylic acids is 1. The Hall–Kier alpha value is -1.40. The average molecular weight is 297 g/mol. The summed E-state index contributed by atoms with van der Waals surface area (Å²) in [7, 11) is 0. The molecular formula is C13H17ClN4O2. The third-order valence-electron chi connectivity index (χ3n) is 3.77. The average Bonchev–Trinajstić information content (AvgIpc) is 3.10. The molecule has 3 rings (SSSR count). The Labute approximate surface area is 122 Å². The molecule has 2 saturated heterocycles. The van der Waals surface area contributed by atoms with E-state index in [0.29, 0.717) is 25.5 Å². The lowest BCUT2D eigenvalue weighted by molar-refractivity contribution is 0.0759. The third kappa shape index (κ3) is 2.58. The maximum absolute atomic E-state index is 12.4. The Kier molecular flexibility index (Phi) is 3.76. The highest BCUT2D eigenvalue weighted by Crippen LogP contribution is 2.22. The first-order valence-electron chi connectivity index (χ1n) is 6.90. The number of aliphatic hydroxyl groups excluding tert-OH is 1. The van der Waals surface area contributed by atoms with Crippen molar-refractivity contribution in [3.05, 3.63) is 16.9 Å². The van der Waals surface area contributed by atoms with Gasteiger partial charge in [-0.2, -0.15) is 0 Å². The number of hydrogen-bond donors (Lipinski definition) is 1. The van der Waals surface area contributed by atoms with Crippen molar-refractivity contribution in [3.8, 4) is 0 Å². The van der Waals surface area contributed by atoms with Crippen LogP contribution in [0.3, 0.4) is 0 Å². The molecule has 1 aromatic heterocycles. The van der Waals surface area contributed by atoms with E-state index in [9.17, 15) is 9.90 Å². The van der Waals surface area contributed by atoms with Gasteiger partial charge in [0, 0.05) is 26.2 Å². The van der Waals surface area contributed by atoms with Crippen LogP contribution in [0.25, 0.3) is 0 Å². The van der Waals surface area contributed by atoms with E-state index in [1.165, 1.54) is 6.20 Å². The number of β-amino-alcohol motifs (C(OH)–C–C–N with tert-alkyl or cyclic N) is 1. The van der Waals surface area contributed by atoms with Gasteiger partial charge in [0.1, 0.15) is 0 Å². The fourth-order valence-corrected chi connectivity index (χ4v) is 2.83. The van der Waals surface area contributed by atoms with Gasteiger partial charge in [0.25, 0.3) is 5.91 Å². The first kappa shape index (κ1) is 13.6. The molecule has 0 radical (unpaired) electrons. The number of rotatable bonds is 2. The minimum Gasteiger partial charge on any atom is -0.391 e. The van der Waals surface area contributed by atoms with E-state index in [4.69, 9.17) is 11.6 Å². The maximum atomic E-state index is 12.4. The summed E-state index contributed by atoms with van der Waals surface area (Å²) in [5, 5.41) is 9.79. The number of aliphatic hydroxyl groups is 1. The molecule has 0 bridgehead atoms. The number of carbonyl (C=O) groups is 1. The number of anilines is 1. The van der Waals surface area contributed by atoms with Gasteiger partial charge in [-0.15, -0.1) is 0 Å². The van der Waals surface area contributed by atoms with Crippen LogP contribution in [0.5, 0.6) is 0 Å². The first-order valence-corrected chi connectivity index (χ1v) is 7.28. The quantitative estimate of drug-likeness (QED) is 0.879. The fourth-order valence-electron chi connectivity index (χ4n) is 2.65. The monoisotopic (exact) mass is 296 g/mol. The normalized spacial score (nSPS) is 22.6. The van der Waals surface area contributed by atoms with Gasteiger partial charge in [0.2, 0.25) is 5.95 Å². The third-order valence-corrected chi connectivity index (χ3v) is 4.05. The summed E-state index contributed by atoms with van der Waals surface area (Å²) in [6.07, 6.45) is 3.88. The van der Waals surface area contributed by atoms with Crippen molar-refractivity contribution in [1.82, 2.24) is 14.9 Å². The van der Waals surface area contributed by atoms with Gasteiger partial charge in [0.05, 0.1) is 17.3 Å². The van der Waals surface area contributed by atoms with Gasteiger partial charge < -0.3 is 14.9 Å². The van der Waals surface area contributed by atoms with Crippen LogP contribution >= 0.6 is 11.6 Å². The van der Waals surface area contributed by atoms with Crippen molar-refractivity contribution < 1.29 is 9.90 Å². The van der Waals surface area contributed by atoms with Crippen LogP contribution in [0, 0.1) is 0 Å². The van der Waals surface area contributed by atoms with E-state index in [2.05, 4.69) is 14.9 Å². The SMILES string of the molecule is O=C(c1nc(N2CCCC2)ncc1Cl)N1CC[C@@H](O)C1. The van der Waals surface area contributed by atoms with Gasteiger partial charge in [-0.1, -0.05) is 11.6 Å². The molecule has 2 fully saturated rings. The molecule has 1 aromatic rings. The minimum absolute atomic E-state index is 0.227. The van der Waals surface area contributed by atoms with Gasteiger partial charge in [-0.25, -0.2) is 9.97 Å². The zero-order valence-electron chi connectivity index (χ0n) is 11.1. The summed E-state index contributed by atoms with van der Waals surface area (Å²) in [6.45, 7) is 2.72. The highest BCUT2D eigenvalue weighted by atomic mass is 35.5. The van der Waals surface area contributed by atoms with E-state index < -0.39 is 6.10 Å². The molecule has 1 N–H and O–H groups in total. The van der Waals surface area contributed by atoms with Gasteiger partial charge in [0.15, 0.2) is 5.69 Å². The molecule has 1 atom stereocenters. The lowest BCUT2D eigenvalue weighted by Gasteiger charge is -2.18. The zero-order chi connectivity index (χ0) is 14.1. The second kappa shape index (κ2) is 5.54. The summed E-state index contributed by atoms with van der Waals surface area (Å²) >= 11 is 6.06. The van der Waals surface area contributed by atoms with Crippen molar-refractivity contribution in [2.45, 2.75) is 25.4 Å². The molecule has 0 aliphatic carbocycles. The van der Waals surface area contributed by atoms with Gasteiger partial charge in [-0.3, -0.25) is 4.79 Å². The van der Waals surface area contributed by atoms with Crippen LogP contribution < -0.4 is 4.90 Å². The molecule has 0 spiro atoms. The molecule has 20 heavy (non-hydrogen) atoms. The lowest BCUT2D eigenvalue weighted by atomic mass is 10.3. The zero-order valence-corrected chi connectivity index (χ0v) is 11.9. The molecule has 2 aliphatic heterocycles. The van der Waals surface area contributed by atoms with Crippen molar-refractivity contribution in [2.75, 3.05) is 31.1 Å². The summed E-state index contributed by atoms with van der Waals surface area (Å²) in [5.41, 5.74) is 0.234. The lowest BCUT2D eigenvalue weighted by Crippen LogP contribution is -2.31. The van der Waals surface area contributed by atoms with Gasteiger partial charge >= 0.3 is 0 Å². The second-order valence-electron chi connectivity index (χ2n) is 5.25. The molecule has 0 unspecified atom stereocenters. The van der Waals surface area contributed by atoms with Crippen molar-refractivity contribution >= 4 is 23.5 Å². The largest absolute Gasteiger partial charge is 0.391 e. The highest BCUT2D eigenvalue weighted by molar-refractivity contribution is 6.33. The number of nitrogens with zero attached hydrogens (tertiary/aromatic N) is 4. The molecular weight excluding hydrogens is 280 g/mol. The van der Waals surface area contributed by atoms with Crippen LogP contribution in [0.15, 0.2) is 6.20 Å². The minimum atomic E-state index is -0.447. The molecule has 1 amide bonds. The van der Waals surface area contributed by atoms with E-state index in [0.717, 1.165) is 25.9 Å². The molecule has 0 aromatic carbocycles. The Morgan fingerprint density at radius 1 is 1.35 bits per heavy atom. The van der Waals surface area contributed by atoms with Crippen LogP contribution in [0.2, 0.25) is 5.02 Å². The highest BCUT2D eigenvalue weighted by Gasteiger charge is 2.28. The van der Waals surface area contributed by atoms with Crippen LogP contribution in [0.4, 0.5) is 5.95 Å². The topological polar surface area (TPSA) is 69.6 Å². The van der Waals surface area contributed by atoms with E-state index in [1.54, 1.807) is 4.90 Å². The van der Waals surface area contributed by atoms with Gasteiger partial charge in [-0.05, 0) is 19.3 Å². The predicted octanol–water partition coefficient (Wildman–Crippen LogP) is 0.937. The molecule has 0 saturated carbocycles. The summed E-state index contributed by atoms with van der Waals surface area (Å²) in [5.74, 6) is 0.337. The number of likely N-dealkylation sites (tertiary alicyclic amines) is 1. The Morgan fingerprint density at radius 2 is 2.10 bits per heavy atom. The molecule has 6 nitrogen and oxygen atoms in total. The molecule has 108 valence electrons. The Balaban J connectivity index is 1.84. The number of halogens is 1. The molecule has 3 heterocycles. The summed E-state index contributed by atoms with van der Waals surface area (Å²) < 4.78 is 0. The van der Waals surface area contributed by atoms with E-state index in [1.807, 2.05) is 0 Å². The number of hydrogen-bond acceptors (Lipinski definition) is 5. The number of aromatic nitrogens is 2. The summed E-state index contributed by atoms with van der Waals surface area (Å²) in [6, 6.07) is 0. The van der Waals surface area contributed by atoms with Crippen molar-refractivity contribution in [1.29, 1.82) is 0 Å². The first-order chi connectivity index (χ1) is 9.65. The standard InChI is InChI=1S/C13H17ClN4O2/c14-10-7-15-13(17-4-1-2-5-17)16-11(10)12(20)18-6-3-9(19)8-18/h7,9,19H,1-6,8H2/t9-/m1/s1. The second-order valence-corrected chi connectivity index (χ2v) is 5.66. The number of amides is 1. The van der Waals surface area contributed by atoms with E-state index in [-0.39, 0.29) is 16.6 Å². The molecule has 2 aliphatic rings. The van der Waals surface area contributed by atoms with Crippen LogP contribution in [0.1, 0.15) is 29.8 Å². The predicted molar refractivity (Wildman–Crippen MR) is 75.0 cm³/mol. The smallest absolute Gasteiger partial charge is 0.274 e. The Morgan fingerprint density at radius 3 is 2.75 bits per heavy atom. The van der Waals surface area contributed by atoms with Crippen LogP contribution in [-0.4, -0.2) is 58.2 Å². The van der Waals surface area contributed by atoms with Crippen LogP contribution in [-0.2, 0) is 0 Å². The maximum Gasteiger partial charge on any atom is 0.274 e. The summed E-state index contributed by atoms with van der Waals surface area (Å²) in [4.78, 5) is 24.6. The van der Waals surface area contributed by atoms with E-state index >= 15 is 0 Å². The Bertz CT molecular complexity index is 519.